The second kappa shape index (κ2) is 7.63. The topological polar surface area (TPSA) is 54.5 Å². The van der Waals surface area contributed by atoms with E-state index >= 15 is 0 Å². The van der Waals surface area contributed by atoms with Crippen LogP contribution in [-0.2, 0) is 6.54 Å². The molecule has 23 heavy (non-hydrogen) atoms. The zero-order valence-corrected chi connectivity index (χ0v) is 14.1. The number of benzene rings is 1. The number of rotatable bonds is 6. The van der Waals surface area contributed by atoms with Crippen molar-refractivity contribution in [3.63, 3.8) is 0 Å². The first-order chi connectivity index (χ1) is 11.0. The van der Waals surface area contributed by atoms with Gasteiger partial charge < -0.3 is 15.0 Å². The minimum absolute atomic E-state index is 0.135. The van der Waals surface area contributed by atoms with Crippen LogP contribution in [0.2, 0.25) is 0 Å². The largest absolute Gasteiger partial charge is 0.478 e. The van der Waals surface area contributed by atoms with Crippen molar-refractivity contribution < 1.29 is 9.53 Å². The molecule has 122 valence electrons. The maximum atomic E-state index is 12.3. The summed E-state index contributed by atoms with van der Waals surface area (Å²) in [7, 11) is 4.02. The van der Waals surface area contributed by atoms with Crippen LogP contribution in [0.3, 0.4) is 0 Å². The van der Waals surface area contributed by atoms with E-state index in [0.29, 0.717) is 24.6 Å². The lowest BCUT2D eigenvalue weighted by atomic mass is 10.1. The normalized spacial score (nSPS) is 10.3. The lowest BCUT2D eigenvalue weighted by Gasteiger charge is -2.15. The molecule has 2 rings (SSSR count). The molecule has 5 nitrogen and oxygen atoms in total. The molecule has 0 spiro atoms. The van der Waals surface area contributed by atoms with E-state index in [-0.39, 0.29) is 5.91 Å². The van der Waals surface area contributed by atoms with Crippen LogP contribution in [0.5, 0.6) is 5.88 Å². The first kappa shape index (κ1) is 16.8. The average Bonchev–Trinajstić information content (AvgIpc) is 2.54. The van der Waals surface area contributed by atoms with Crippen LogP contribution >= 0.6 is 0 Å². The van der Waals surface area contributed by atoms with Gasteiger partial charge in [0.2, 0.25) is 5.88 Å². The summed E-state index contributed by atoms with van der Waals surface area (Å²) in [5.74, 6) is 0.330. The third-order valence-corrected chi connectivity index (χ3v) is 3.57. The van der Waals surface area contributed by atoms with Gasteiger partial charge in [0.1, 0.15) is 0 Å². The average molecular weight is 313 g/mol. The van der Waals surface area contributed by atoms with Crippen molar-refractivity contribution in [2.24, 2.45) is 0 Å². The molecule has 1 aromatic carbocycles. The SMILES string of the molecule is CCOc1cc(C(=O)NCc2ccc(N(C)C)cc2C)ccn1. The molecule has 1 aromatic heterocycles. The van der Waals surface area contributed by atoms with Crippen LogP contribution in [0.25, 0.3) is 0 Å². The lowest BCUT2D eigenvalue weighted by molar-refractivity contribution is 0.0950. The number of hydrogen-bond donors (Lipinski definition) is 1. The molecule has 5 heteroatoms. The van der Waals surface area contributed by atoms with E-state index in [0.717, 1.165) is 16.8 Å². The van der Waals surface area contributed by atoms with Gasteiger partial charge in [0.25, 0.3) is 5.91 Å². The zero-order chi connectivity index (χ0) is 16.8. The van der Waals surface area contributed by atoms with Crippen molar-refractivity contribution >= 4 is 11.6 Å². The van der Waals surface area contributed by atoms with Gasteiger partial charge in [-0.25, -0.2) is 4.98 Å². The van der Waals surface area contributed by atoms with Crippen LogP contribution in [0.1, 0.15) is 28.4 Å². The molecule has 0 unspecified atom stereocenters. The summed E-state index contributed by atoms with van der Waals surface area (Å²) in [6, 6.07) is 9.54. The van der Waals surface area contributed by atoms with Crippen molar-refractivity contribution in [1.82, 2.24) is 10.3 Å². The summed E-state index contributed by atoms with van der Waals surface area (Å²) in [6.07, 6.45) is 1.58. The van der Waals surface area contributed by atoms with E-state index in [1.165, 1.54) is 0 Å². The monoisotopic (exact) mass is 313 g/mol. The van der Waals surface area contributed by atoms with E-state index in [1.54, 1.807) is 18.3 Å². The number of amides is 1. The number of aryl methyl sites for hydroxylation is 1. The zero-order valence-electron chi connectivity index (χ0n) is 14.1. The van der Waals surface area contributed by atoms with Crippen LogP contribution in [-0.4, -0.2) is 31.6 Å². The van der Waals surface area contributed by atoms with Crippen molar-refractivity contribution in [3.05, 3.63) is 53.2 Å². The second-order valence-electron chi connectivity index (χ2n) is 5.50. The molecule has 0 fully saturated rings. The highest BCUT2D eigenvalue weighted by Gasteiger charge is 2.08. The van der Waals surface area contributed by atoms with Crippen LogP contribution in [0.15, 0.2) is 36.5 Å². The molecule has 0 atom stereocenters. The third-order valence-electron chi connectivity index (χ3n) is 3.57. The molecule has 0 saturated heterocycles. The fraction of sp³-hybridized carbons (Fsp3) is 0.333. The van der Waals surface area contributed by atoms with Crippen molar-refractivity contribution in [2.75, 3.05) is 25.6 Å². The van der Waals surface area contributed by atoms with Crippen molar-refractivity contribution in [3.8, 4) is 5.88 Å². The Hall–Kier alpha value is -2.56. The summed E-state index contributed by atoms with van der Waals surface area (Å²) in [5.41, 5.74) is 3.95. The molecular weight excluding hydrogens is 290 g/mol. The number of nitrogens with zero attached hydrogens (tertiary/aromatic N) is 2. The predicted octanol–water partition coefficient (Wildman–Crippen LogP) is 2.78. The van der Waals surface area contributed by atoms with E-state index in [9.17, 15) is 4.79 Å². The summed E-state index contributed by atoms with van der Waals surface area (Å²) >= 11 is 0. The van der Waals surface area contributed by atoms with Crippen LogP contribution in [0.4, 0.5) is 5.69 Å². The van der Waals surface area contributed by atoms with Crippen molar-refractivity contribution in [2.45, 2.75) is 20.4 Å². The molecule has 1 heterocycles. The number of aromatic nitrogens is 1. The predicted molar refractivity (Wildman–Crippen MR) is 92.1 cm³/mol. The van der Waals surface area contributed by atoms with Gasteiger partial charge >= 0.3 is 0 Å². The van der Waals surface area contributed by atoms with Gasteiger partial charge in [-0.2, -0.15) is 0 Å². The minimum Gasteiger partial charge on any atom is -0.478 e. The van der Waals surface area contributed by atoms with Gasteiger partial charge in [-0.15, -0.1) is 0 Å². The molecule has 0 aliphatic heterocycles. The molecule has 0 saturated carbocycles. The molecule has 0 bridgehead atoms. The number of hydrogen-bond acceptors (Lipinski definition) is 4. The maximum Gasteiger partial charge on any atom is 0.251 e. The molecule has 1 amide bonds. The number of carbonyl (C=O) groups is 1. The Morgan fingerprint density at radius 1 is 1.26 bits per heavy atom. The second-order valence-corrected chi connectivity index (χ2v) is 5.50. The molecular formula is C18H23N3O2. The highest BCUT2D eigenvalue weighted by atomic mass is 16.5. The Balaban J connectivity index is 2.03. The number of ether oxygens (including phenoxy) is 1. The van der Waals surface area contributed by atoms with E-state index in [1.807, 2.05) is 40.1 Å². The first-order valence-electron chi connectivity index (χ1n) is 7.65. The van der Waals surface area contributed by atoms with E-state index in [2.05, 4.69) is 21.3 Å². The van der Waals surface area contributed by atoms with Crippen LogP contribution < -0.4 is 15.0 Å². The summed E-state index contributed by atoms with van der Waals surface area (Å²) in [5, 5.41) is 2.94. The Morgan fingerprint density at radius 2 is 2.04 bits per heavy atom. The summed E-state index contributed by atoms with van der Waals surface area (Å²) in [6.45, 7) is 4.95. The molecule has 0 aliphatic rings. The summed E-state index contributed by atoms with van der Waals surface area (Å²) in [4.78, 5) is 18.4. The Morgan fingerprint density at radius 3 is 2.70 bits per heavy atom. The number of carbonyl (C=O) groups excluding carboxylic acids is 1. The molecule has 1 N–H and O–H groups in total. The smallest absolute Gasteiger partial charge is 0.251 e. The quantitative estimate of drug-likeness (QED) is 0.891. The fourth-order valence-electron chi connectivity index (χ4n) is 2.21. The van der Waals surface area contributed by atoms with Gasteiger partial charge in [0, 0.05) is 44.2 Å². The highest BCUT2D eigenvalue weighted by molar-refractivity contribution is 5.94. The van der Waals surface area contributed by atoms with Gasteiger partial charge in [-0.3, -0.25) is 4.79 Å². The molecule has 2 aromatic rings. The number of nitrogens with one attached hydrogen (secondary N) is 1. The van der Waals surface area contributed by atoms with E-state index in [4.69, 9.17) is 4.74 Å². The number of pyridine rings is 1. The van der Waals surface area contributed by atoms with Gasteiger partial charge in [-0.1, -0.05) is 6.07 Å². The fourth-order valence-corrected chi connectivity index (χ4v) is 2.21. The Labute approximate surface area is 137 Å². The lowest BCUT2D eigenvalue weighted by Crippen LogP contribution is -2.23. The number of anilines is 1. The molecule has 0 radical (unpaired) electrons. The molecule has 0 aliphatic carbocycles. The Kier molecular flexibility index (Phi) is 5.57. The van der Waals surface area contributed by atoms with Crippen LogP contribution in [0, 0.1) is 6.92 Å². The first-order valence-corrected chi connectivity index (χ1v) is 7.65. The van der Waals surface area contributed by atoms with Gasteiger partial charge in [-0.05, 0) is 43.2 Å². The Bertz CT molecular complexity index is 684. The van der Waals surface area contributed by atoms with Crippen molar-refractivity contribution in [1.29, 1.82) is 0 Å². The van der Waals surface area contributed by atoms with E-state index < -0.39 is 0 Å². The van der Waals surface area contributed by atoms with Gasteiger partial charge in [0.05, 0.1) is 6.61 Å². The van der Waals surface area contributed by atoms with Gasteiger partial charge in [0.15, 0.2) is 0 Å². The highest BCUT2D eigenvalue weighted by Crippen LogP contribution is 2.17. The standard InChI is InChI=1S/C18H23N3O2/c1-5-23-17-11-14(8-9-19-17)18(22)20-12-15-6-7-16(21(3)4)10-13(15)2/h6-11H,5,12H2,1-4H3,(H,20,22). The maximum absolute atomic E-state index is 12.3. The summed E-state index contributed by atoms with van der Waals surface area (Å²) < 4.78 is 5.32. The third kappa shape index (κ3) is 4.45. The minimum atomic E-state index is -0.135.